The molecule has 0 atom stereocenters. The average molecular weight is 507 g/mol. The normalized spacial score (nSPS) is 14.2. The van der Waals surface area contributed by atoms with Crippen LogP contribution in [0.2, 0.25) is 0 Å². The first-order valence-electron chi connectivity index (χ1n) is 9.75. The highest BCUT2D eigenvalue weighted by molar-refractivity contribution is 14.0. The molecule has 1 aliphatic heterocycles. The first kappa shape index (κ1) is 23.1. The van der Waals surface area contributed by atoms with Crippen molar-refractivity contribution in [2.75, 3.05) is 33.8 Å². The summed E-state index contributed by atoms with van der Waals surface area (Å²) >= 11 is 0. The molecule has 3 rings (SSSR count). The standard InChI is InChI=1S/C23H29N3O2.HI/c1-24-23(25-13-10-20-8-9-21(28-2)17-22(20)27)26-14-11-19(12-15-26)16-18-6-4-3-5-7-18;/h3-9,16-17,27H,10-15H2,1-2H3,(H,24,25);1H. The molecule has 0 aromatic heterocycles. The van der Waals surface area contributed by atoms with Gasteiger partial charge in [-0.25, -0.2) is 0 Å². The minimum atomic E-state index is 0. The molecule has 0 spiro atoms. The second kappa shape index (κ2) is 11.7. The molecule has 0 saturated carbocycles. The SMILES string of the molecule is CN=C(NCCc1ccc(OC)cc1O)N1CCC(=Cc2ccccc2)CC1.I. The van der Waals surface area contributed by atoms with Crippen LogP contribution in [0.25, 0.3) is 6.08 Å². The average Bonchev–Trinajstić information content (AvgIpc) is 2.73. The number of nitrogens with zero attached hydrogens (tertiary/aromatic N) is 2. The summed E-state index contributed by atoms with van der Waals surface area (Å²) in [6, 6.07) is 15.9. The molecule has 2 aromatic rings. The minimum absolute atomic E-state index is 0. The van der Waals surface area contributed by atoms with Gasteiger partial charge in [0.2, 0.25) is 0 Å². The van der Waals surface area contributed by atoms with Gasteiger partial charge in [-0.1, -0.05) is 48.0 Å². The van der Waals surface area contributed by atoms with Crippen molar-refractivity contribution in [3.8, 4) is 11.5 Å². The third-order valence-electron chi connectivity index (χ3n) is 5.06. The molecular formula is C23H30IN3O2. The molecule has 1 aliphatic rings. The predicted molar refractivity (Wildman–Crippen MR) is 130 cm³/mol. The fourth-order valence-electron chi connectivity index (χ4n) is 3.46. The van der Waals surface area contributed by atoms with Crippen LogP contribution in [-0.4, -0.2) is 49.8 Å². The van der Waals surface area contributed by atoms with Crippen LogP contribution < -0.4 is 10.1 Å². The third kappa shape index (κ3) is 6.66. The molecule has 1 fully saturated rings. The van der Waals surface area contributed by atoms with Gasteiger partial charge < -0.3 is 20.1 Å². The van der Waals surface area contributed by atoms with Gasteiger partial charge in [0.25, 0.3) is 0 Å². The molecule has 2 aromatic carbocycles. The predicted octanol–water partition coefficient (Wildman–Crippen LogP) is 4.32. The van der Waals surface area contributed by atoms with Crippen LogP contribution >= 0.6 is 24.0 Å². The summed E-state index contributed by atoms with van der Waals surface area (Å²) in [7, 11) is 3.42. The Bertz CT molecular complexity index is 827. The second-order valence-corrected chi connectivity index (χ2v) is 6.92. The van der Waals surface area contributed by atoms with Crippen molar-refractivity contribution in [1.29, 1.82) is 0 Å². The van der Waals surface area contributed by atoms with Crippen LogP contribution in [-0.2, 0) is 6.42 Å². The van der Waals surface area contributed by atoms with E-state index in [4.69, 9.17) is 4.74 Å². The number of nitrogens with one attached hydrogen (secondary N) is 1. The summed E-state index contributed by atoms with van der Waals surface area (Å²) in [5, 5.41) is 13.5. The van der Waals surface area contributed by atoms with Crippen molar-refractivity contribution in [3.05, 3.63) is 65.2 Å². The summed E-state index contributed by atoms with van der Waals surface area (Å²) in [6.07, 6.45) is 5.13. The Morgan fingerprint density at radius 3 is 2.52 bits per heavy atom. The molecule has 5 nitrogen and oxygen atoms in total. The Hall–Kier alpha value is -2.22. The Morgan fingerprint density at radius 2 is 1.90 bits per heavy atom. The number of aliphatic imine (C=N–C) groups is 1. The van der Waals surface area contributed by atoms with Gasteiger partial charge >= 0.3 is 0 Å². The number of phenols is 1. The number of ether oxygens (including phenoxy) is 1. The summed E-state index contributed by atoms with van der Waals surface area (Å²) in [5.41, 5.74) is 3.66. The van der Waals surface area contributed by atoms with Gasteiger partial charge in [0.1, 0.15) is 11.5 Å². The summed E-state index contributed by atoms with van der Waals surface area (Å²) in [6.45, 7) is 2.65. The van der Waals surface area contributed by atoms with Crippen LogP contribution in [0.3, 0.4) is 0 Å². The molecule has 1 heterocycles. The minimum Gasteiger partial charge on any atom is -0.508 e. The van der Waals surface area contributed by atoms with E-state index in [2.05, 4.69) is 45.6 Å². The number of aromatic hydroxyl groups is 1. The maximum Gasteiger partial charge on any atom is 0.193 e. The number of likely N-dealkylation sites (tertiary alicyclic amines) is 1. The zero-order valence-corrected chi connectivity index (χ0v) is 19.4. The maximum atomic E-state index is 10.1. The van der Waals surface area contributed by atoms with Crippen molar-refractivity contribution >= 4 is 36.0 Å². The van der Waals surface area contributed by atoms with E-state index in [0.717, 1.165) is 50.4 Å². The van der Waals surface area contributed by atoms with Crippen molar-refractivity contribution in [3.63, 3.8) is 0 Å². The highest BCUT2D eigenvalue weighted by atomic mass is 127. The van der Waals surface area contributed by atoms with Crippen LogP contribution in [0, 0.1) is 0 Å². The highest BCUT2D eigenvalue weighted by Gasteiger charge is 2.17. The van der Waals surface area contributed by atoms with Gasteiger partial charge in [-0.2, -0.15) is 0 Å². The molecule has 6 heteroatoms. The Balaban J connectivity index is 0.00000300. The lowest BCUT2D eigenvalue weighted by Crippen LogP contribution is -2.45. The van der Waals surface area contributed by atoms with Gasteiger partial charge in [0.15, 0.2) is 5.96 Å². The number of hydrogen-bond donors (Lipinski definition) is 2. The number of rotatable bonds is 5. The van der Waals surface area contributed by atoms with Crippen molar-refractivity contribution < 1.29 is 9.84 Å². The van der Waals surface area contributed by atoms with Gasteiger partial charge in [-0.15, -0.1) is 24.0 Å². The monoisotopic (exact) mass is 507 g/mol. The van der Waals surface area contributed by atoms with Gasteiger partial charge in [-0.3, -0.25) is 4.99 Å². The molecule has 2 N–H and O–H groups in total. The molecule has 0 radical (unpaired) electrons. The van der Waals surface area contributed by atoms with Crippen LogP contribution in [0.5, 0.6) is 11.5 Å². The second-order valence-electron chi connectivity index (χ2n) is 6.92. The van der Waals surface area contributed by atoms with Crippen molar-refractivity contribution in [2.45, 2.75) is 19.3 Å². The van der Waals surface area contributed by atoms with E-state index in [1.165, 1.54) is 11.1 Å². The molecule has 156 valence electrons. The van der Waals surface area contributed by atoms with Gasteiger partial charge in [0, 0.05) is 32.7 Å². The first-order chi connectivity index (χ1) is 13.7. The van der Waals surface area contributed by atoms with Crippen LogP contribution in [0.1, 0.15) is 24.0 Å². The largest absolute Gasteiger partial charge is 0.508 e. The smallest absolute Gasteiger partial charge is 0.193 e. The number of halogens is 1. The number of hydrogen-bond acceptors (Lipinski definition) is 3. The lowest BCUT2D eigenvalue weighted by molar-refractivity contribution is 0.375. The molecule has 0 amide bonds. The highest BCUT2D eigenvalue weighted by Crippen LogP contribution is 2.23. The summed E-state index contributed by atoms with van der Waals surface area (Å²) < 4.78 is 5.13. The quantitative estimate of drug-likeness (QED) is 0.360. The molecule has 0 unspecified atom stereocenters. The van der Waals surface area contributed by atoms with E-state index in [0.29, 0.717) is 5.75 Å². The summed E-state index contributed by atoms with van der Waals surface area (Å²) in [4.78, 5) is 6.73. The van der Waals surface area contributed by atoms with Crippen LogP contribution in [0.15, 0.2) is 59.1 Å². The Morgan fingerprint density at radius 1 is 1.17 bits per heavy atom. The number of piperidine rings is 1. The molecule has 29 heavy (non-hydrogen) atoms. The molecule has 0 aliphatic carbocycles. The van der Waals surface area contributed by atoms with E-state index >= 15 is 0 Å². The van der Waals surface area contributed by atoms with E-state index in [9.17, 15) is 5.11 Å². The summed E-state index contributed by atoms with van der Waals surface area (Å²) in [5.74, 6) is 1.86. The Labute approximate surface area is 190 Å². The van der Waals surface area contributed by atoms with Crippen LogP contribution in [0.4, 0.5) is 0 Å². The van der Waals surface area contributed by atoms with Gasteiger partial charge in [0.05, 0.1) is 7.11 Å². The van der Waals surface area contributed by atoms with Gasteiger partial charge in [-0.05, 0) is 36.5 Å². The lowest BCUT2D eigenvalue weighted by atomic mass is 10.0. The number of methoxy groups -OCH3 is 1. The fraction of sp³-hybridized carbons (Fsp3) is 0.348. The topological polar surface area (TPSA) is 57.1 Å². The van der Waals surface area contributed by atoms with E-state index in [1.54, 1.807) is 13.2 Å². The third-order valence-corrected chi connectivity index (χ3v) is 5.06. The van der Waals surface area contributed by atoms with Crippen molar-refractivity contribution in [1.82, 2.24) is 10.2 Å². The lowest BCUT2D eigenvalue weighted by Gasteiger charge is -2.31. The van der Waals surface area contributed by atoms with Crippen molar-refractivity contribution in [2.24, 2.45) is 4.99 Å². The molecule has 1 saturated heterocycles. The first-order valence-corrected chi connectivity index (χ1v) is 9.75. The fourth-order valence-corrected chi connectivity index (χ4v) is 3.46. The zero-order valence-electron chi connectivity index (χ0n) is 17.1. The Kier molecular flexibility index (Phi) is 9.31. The molecular weight excluding hydrogens is 477 g/mol. The number of benzene rings is 2. The maximum absolute atomic E-state index is 10.1. The van der Waals surface area contributed by atoms with E-state index in [1.807, 2.05) is 25.2 Å². The van der Waals surface area contributed by atoms with E-state index < -0.39 is 0 Å². The zero-order chi connectivity index (χ0) is 19.8. The van der Waals surface area contributed by atoms with E-state index in [-0.39, 0.29) is 29.7 Å². The molecule has 0 bridgehead atoms. The number of phenolic OH excluding ortho intramolecular Hbond substituents is 1. The number of guanidine groups is 1.